The van der Waals surface area contributed by atoms with Crippen molar-refractivity contribution in [1.29, 1.82) is 0 Å². The van der Waals surface area contributed by atoms with E-state index in [0.717, 1.165) is 6.42 Å². The number of nitrogens with one attached hydrogen (secondary N) is 3. The highest BCUT2D eigenvalue weighted by atomic mass is 32.2. The average Bonchev–Trinajstić information content (AvgIpc) is 2.65. The van der Waals surface area contributed by atoms with Gasteiger partial charge in [-0.2, -0.15) is 11.8 Å². The van der Waals surface area contributed by atoms with Crippen LogP contribution in [0.2, 0.25) is 0 Å². The van der Waals surface area contributed by atoms with Crippen LogP contribution in [-0.2, 0) is 19.2 Å². The molecule has 0 rings (SSSR count). The number of nitrogens with two attached hydrogens (primary N) is 1. The first-order valence-electron chi connectivity index (χ1n) is 9.39. The normalized spacial score (nSPS) is 15.2. The summed E-state index contributed by atoms with van der Waals surface area (Å²) in [6.07, 6.45) is 3.00. The minimum absolute atomic E-state index is 0.0329. The molecular formula is C18H34N4O5S. The molecule has 9 nitrogen and oxygen atoms in total. The SMILES string of the molecule is CCC(C)C(N)C(=O)NC(CCSC)C(=O)NC(C(=O)NCC(=O)O)C(C)C. The van der Waals surface area contributed by atoms with Gasteiger partial charge in [-0.3, -0.25) is 19.2 Å². The lowest BCUT2D eigenvalue weighted by atomic mass is 9.98. The predicted molar refractivity (Wildman–Crippen MR) is 110 cm³/mol. The summed E-state index contributed by atoms with van der Waals surface area (Å²) in [7, 11) is 0. The molecule has 0 aliphatic carbocycles. The summed E-state index contributed by atoms with van der Waals surface area (Å²) in [6, 6.07) is -2.47. The first kappa shape index (κ1) is 26.2. The monoisotopic (exact) mass is 418 g/mol. The molecule has 0 aromatic heterocycles. The Morgan fingerprint density at radius 3 is 2.11 bits per heavy atom. The molecule has 0 aliphatic heterocycles. The molecule has 0 aliphatic rings. The molecule has 0 heterocycles. The number of carboxylic acid groups (broad SMARTS) is 1. The van der Waals surface area contributed by atoms with Crippen LogP contribution in [0.5, 0.6) is 0 Å². The Labute approximate surface area is 170 Å². The molecule has 4 unspecified atom stereocenters. The molecule has 4 atom stereocenters. The van der Waals surface area contributed by atoms with Crippen molar-refractivity contribution in [3.05, 3.63) is 0 Å². The second-order valence-corrected chi connectivity index (χ2v) is 8.08. The summed E-state index contributed by atoms with van der Waals surface area (Å²) in [5.41, 5.74) is 5.95. The largest absolute Gasteiger partial charge is 0.480 e. The lowest BCUT2D eigenvalue weighted by Gasteiger charge is -2.26. The fraction of sp³-hybridized carbons (Fsp3) is 0.778. The quantitative estimate of drug-likeness (QED) is 0.281. The molecule has 162 valence electrons. The van der Waals surface area contributed by atoms with E-state index in [4.69, 9.17) is 10.8 Å². The summed E-state index contributed by atoms with van der Waals surface area (Å²) >= 11 is 1.53. The molecule has 0 spiro atoms. The third-order valence-corrected chi connectivity index (χ3v) is 5.11. The van der Waals surface area contributed by atoms with E-state index in [9.17, 15) is 19.2 Å². The molecule has 0 radical (unpaired) electrons. The van der Waals surface area contributed by atoms with Crippen LogP contribution in [0.4, 0.5) is 0 Å². The number of carbonyl (C=O) groups excluding carboxylic acids is 3. The number of hydrogen-bond acceptors (Lipinski definition) is 6. The van der Waals surface area contributed by atoms with Crippen LogP contribution >= 0.6 is 11.8 Å². The average molecular weight is 419 g/mol. The molecule has 0 saturated carbocycles. The molecule has 6 N–H and O–H groups in total. The Bertz CT molecular complexity index is 544. The van der Waals surface area contributed by atoms with Crippen LogP contribution in [-0.4, -0.2) is 65.5 Å². The maximum Gasteiger partial charge on any atom is 0.322 e. The van der Waals surface area contributed by atoms with Gasteiger partial charge in [0.1, 0.15) is 18.6 Å². The Morgan fingerprint density at radius 1 is 1.04 bits per heavy atom. The Balaban J connectivity index is 5.16. The van der Waals surface area contributed by atoms with E-state index in [2.05, 4.69) is 16.0 Å². The van der Waals surface area contributed by atoms with Crippen molar-refractivity contribution in [2.24, 2.45) is 17.6 Å². The predicted octanol–water partition coefficient (Wildman–Crippen LogP) is -0.0607. The van der Waals surface area contributed by atoms with Gasteiger partial charge in [0.2, 0.25) is 17.7 Å². The third-order valence-electron chi connectivity index (χ3n) is 4.46. The van der Waals surface area contributed by atoms with Crippen molar-refractivity contribution < 1.29 is 24.3 Å². The fourth-order valence-electron chi connectivity index (χ4n) is 2.35. The highest BCUT2D eigenvalue weighted by Gasteiger charge is 2.30. The van der Waals surface area contributed by atoms with Crippen LogP contribution in [0.1, 0.15) is 40.5 Å². The minimum Gasteiger partial charge on any atom is -0.480 e. The van der Waals surface area contributed by atoms with Crippen LogP contribution < -0.4 is 21.7 Å². The highest BCUT2D eigenvalue weighted by molar-refractivity contribution is 7.98. The number of aliphatic carboxylic acids is 1. The number of amides is 3. The number of thioether (sulfide) groups is 1. The van der Waals surface area contributed by atoms with Gasteiger partial charge in [-0.25, -0.2) is 0 Å². The van der Waals surface area contributed by atoms with Crippen molar-refractivity contribution in [2.45, 2.75) is 58.7 Å². The fourth-order valence-corrected chi connectivity index (χ4v) is 2.82. The van der Waals surface area contributed by atoms with Crippen molar-refractivity contribution >= 4 is 35.5 Å². The van der Waals surface area contributed by atoms with Gasteiger partial charge in [-0.1, -0.05) is 34.1 Å². The zero-order chi connectivity index (χ0) is 21.9. The summed E-state index contributed by atoms with van der Waals surface area (Å²) in [4.78, 5) is 48.0. The van der Waals surface area contributed by atoms with Crippen LogP contribution in [0.25, 0.3) is 0 Å². The number of hydrogen-bond donors (Lipinski definition) is 5. The molecule has 0 fully saturated rings. The van der Waals surface area contributed by atoms with Gasteiger partial charge in [0.25, 0.3) is 0 Å². The highest BCUT2D eigenvalue weighted by Crippen LogP contribution is 2.09. The molecule has 0 aromatic carbocycles. The van der Waals surface area contributed by atoms with Gasteiger partial charge in [-0.15, -0.1) is 0 Å². The molecule has 0 aromatic rings. The topological polar surface area (TPSA) is 151 Å². The Hall–Kier alpha value is -1.81. The van der Waals surface area contributed by atoms with E-state index in [1.54, 1.807) is 13.8 Å². The molecule has 28 heavy (non-hydrogen) atoms. The van der Waals surface area contributed by atoms with Crippen LogP contribution in [0, 0.1) is 11.8 Å². The van der Waals surface area contributed by atoms with E-state index >= 15 is 0 Å². The van der Waals surface area contributed by atoms with Crippen LogP contribution in [0.15, 0.2) is 0 Å². The molecule has 0 bridgehead atoms. The van der Waals surface area contributed by atoms with Gasteiger partial charge in [0.15, 0.2) is 0 Å². The first-order valence-corrected chi connectivity index (χ1v) is 10.8. The zero-order valence-electron chi connectivity index (χ0n) is 17.3. The van der Waals surface area contributed by atoms with Crippen molar-refractivity contribution in [1.82, 2.24) is 16.0 Å². The Morgan fingerprint density at radius 2 is 1.64 bits per heavy atom. The van der Waals surface area contributed by atoms with Crippen molar-refractivity contribution in [3.63, 3.8) is 0 Å². The van der Waals surface area contributed by atoms with E-state index in [1.807, 2.05) is 20.1 Å². The number of carbonyl (C=O) groups is 4. The van der Waals surface area contributed by atoms with E-state index in [1.165, 1.54) is 11.8 Å². The summed E-state index contributed by atoms with van der Waals surface area (Å²) in [5.74, 6) is -2.33. The van der Waals surface area contributed by atoms with E-state index in [-0.39, 0.29) is 11.8 Å². The van der Waals surface area contributed by atoms with Crippen molar-refractivity contribution in [2.75, 3.05) is 18.6 Å². The van der Waals surface area contributed by atoms with E-state index < -0.39 is 48.4 Å². The second kappa shape index (κ2) is 13.4. The zero-order valence-corrected chi connectivity index (χ0v) is 18.1. The summed E-state index contributed by atoms with van der Waals surface area (Å²) in [5, 5.41) is 16.3. The summed E-state index contributed by atoms with van der Waals surface area (Å²) < 4.78 is 0. The second-order valence-electron chi connectivity index (χ2n) is 7.10. The molecule has 0 saturated heterocycles. The first-order chi connectivity index (χ1) is 13.0. The molecule has 10 heteroatoms. The van der Waals surface area contributed by atoms with Gasteiger partial charge in [0.05, 0.1) is 6.04 Å². The number of carboxylic acids is 1. The molecule has 3 amide bonds. The lowest BCUT2D eigenvalue weighted by Crippen LogP contribution is -2.58. The maximum atomic E-state index is 12.7. The van der Waals surface area contributed by atoms with E-state index in [0.29, 0.717) is 12.2 Å². The minimum atomic E-state index is -1.17. The van der Waals surface area contributed by atoms with Crippen molar-refractivity contribution in [3.8, 4) is 0 Å². The van der Waals surface area contributed by atoms with Gasteiger partial charge < -0.3 is 26.8 Å². The maximum absolute atomic E-state index is 12.7. The van der Waals surface area contributed by atoms with Gasteiger partial charge >= 0.3 is 5.97 Å². The van der Waals surface area contributed by atoms with Gasteiger partial charge in [0, 0.05) is 0 Å². The van der Waals surface area contributed by atoms with Crippen LogP contribution in [0.3, 0.4) is 0 Å². The third kappa shape index (κ3) is 9.41. The Kier molecular flexibility index (Phi) is 12.5. The number of rotatable bonds is 13. The molecular weight excluding hydrogens is 384 g/mol. The summed E-state index contributed by atoms with van der Waals surface area (Å²) in [6.45, 7) is 6.73. The standard InChI is InChI=1S/C18H34N4O5S/c1-6-11(4)14(19)17(26)21-12(7-8-28-5)16(25)22-15(10(2)3)18(27)20-9-13(23)24/h10-12,14-15H,6-9,19H2,1-5H3,(H,20,27)(H,21,26)(H,22,25)(H,23,24). The lowest BCUT2D eigenvalue weighted by molar-refractivity contribution is -0.139. The smallest absolute Gasteiger partial charge is 0.322 e. The van der Waals surface area contributed by atoms with Gasteiger partial charge in [-0.05, 0) is 30.3 Å².